The Hall–Kier alpha value is -0.160. The molecule has 88 valence electrons. The van der Waals surface area contributed by atoms with Gasteiger partial charge in [-0.15, -0.1) is 0 Å². The van der Waals surface area contributed by atoms with Crippen molar-refractivity contribution in [3.8, 4) is 0 Å². The number of hydrogen-bond donors (Lipinski definition) is 4. The second-order valence-electron chi connectivity index (χ2n) is 3.11. The lowest BCUT2D eigenvalue weighted by molar-refractivity contribution is 0.0923. The van der Waals surface area contributed by atoms with Crippen molar-refractivity contribution in [2.24, 2.45) is 0 Å². The number of unbranched alkanes of at least 4 members (excludes halogenated alkanes) is 3. The van der Waals surface area contributed by atoms with E-state index in [1.54, 1.807) is 0 Å². The Morgan fingerprint density at radius 3 is 1.43 bits per heavy atom. The predicted octanol–water partition coefficient (Wildman–Crippen LogP) is 0.281. The standard InChI is InChI=1S/C6H14O2.C4H10O2/c7-5-3-1-2-4-6-8;1-2-4(6)3-5/h7-8H,1-6H2;4-6H,2-3H2,1H3. The molecule has 0 aromatic carbocycles. The van der Waals surface area contributed by atoms with Crippen molar-refractivity contribution >= 4 is 0 Å². The maximum Gasteiger partial charge on any atom is 0.0768 e. The second-order valence-corrected chi connectivity index (χ2v) is 3.11. The van der Waals surface area contributed by atoms with Crippen LogP contribution in [0, 0.1) is 0 Å². The third-order valence-electron chi connectivity index (χ3n) is 1.75. The van der Waals surface area contributed by atoms with E-state index in [1.807, 2.05) is 6.92 Å². The average molecular weight is 208 g/mol. The van der Waals surface area contributed by atoms with Crippen molar-refractivity contribution in [3.63, 3.8) is 0 Å². The minimum atomic E-state index is -0.509. The molecule has 4 nitrogen and oxygen atoms in total. The zero-order valence-electron chi connectivity index (χ0n) is 9.02. The second kappa shape index (κ2) is 15.3. The van der Waals surface area contributed by atoms with E-state index in [0.717, 1.165) is 25.7 Å². The molecule has 0 spiro atoms. The molecule has 0 radical (unpaired) electrons. The summed E-state index contributed by atoms with van der Waals surface area (Å²) in [6.45, 7) is 2.27. The third kappa shape index (κ3) is 17.8. The van der Waals surface area contributed by atoms with Gasteiger partial charge in [-0.2, -0.15) is 0 Å². The third-order valence-corrected chi connectivity index (χ3v) is 1.75. The van der Waals surface area contributed by atoms with Gasteiger partial charge >= 0.3 is 0 Å². The maximum atomic E-state index is 8.42. The van der Waals surface area contributed by atoms with Gasteiger partial charge in [0.05, 0.1) is 12.7 Å². The summed E-state index contributed by atoms with van der Waals surface area (Å²) >= 11 is 0. The molecule has 0 aromatic heterocycles. The first kappa shape index (κ1) is 16.3. The van der Waals surface area contributed by atoms with Crippen LogP contribution in [0.15, 0.2) is 0 Å². The van der Waals surface area contributed by atoms with E-state index >= 15 is 0 Å². The van der Waals surface area contributed by atoms with Crippen molar-refractivity contribution < 1.29 is 20.4 Å². The van der Waals surface area contributed by atoms with Gasteiger partial charge in [0.25, 0.3) is 0 Å². The maximum absolute atomic E-state index is 8.42. The molecule has 1 unspecified atom stereocenters. The summed E-state index contributed by atoms with van der Waals surface area (Å²) in [5.74, 6) is 0. The molecular formula is C10H24O4. The van der Waals surface area contributed by atoms with Crippen LogP contribution >= 0.6 is 0 Å². The Labute approximate surface area is 86.2 Å². The van der Waals surface area contributed by atoms with Gasteiger partial charge in [0, 0.05) is 13.2 Å². The minimum Gasteiger partial charge on any atom is -0.396 e. The first-order valence-electron chi connectivity index (χ1n) is 5.23. The summed E-state index contributed by atoms with van der Waals surface area (Å²) in [6.07, 6.45) is 3.95. The molecule has 4 heteroatoms. The Kier molecular flexibility index (Phi) is 17.8. The number of aliphatic hydroxyl groups excluding tert-OH is 4. The van der Waals surface area contributed by atoms with Crippen molar-refractivity contribution in [2.75, 3.05) is 19.8 Å². The highest BCUT2D eigenvalue weighted by Crippen LogP contribution is 1.96. The minimum absolute atomic E-state index is 0.115. The van der Waals surface area contributed by atoms with Crippen molar-refractivity contribution in [1.29, 1.82) is 0 Å². The smallest absolute Gasteiger partial charge is 0.0768 e. The van der Waals surface area contributed by atoms with E-state index in [9.17, 15) is 0 Å². The van der Waals surface area contributed by atoms with Gasteiger partial charge in [0.1, 0.15) is 0 Å². The quantitative estimate of drug-likeness (QED) is 0.453. The predicted molar refractivity (Wildman–Crippen MR) is 56.0 cm³/mol. The fourth-order valence-electron chi connectivity index (χ4n) is 0.706. The van der Waals surface area contributed by atoms with Crippen LogP contribution in [0.1, 0.15) is 39.0 Å². The number of rotatable bonds is 7. The Bertz CT molecular complexity index is 78.2. The van der Waals surface area contributed by atoms with E-state index in [1.165, 1.54) is 0 Å². The molecule has 0 fully saturated rings. The largest absolute Gasteiger partial charge is 0.396 e. The SMILES string of the molecule is CCC(O)CO.OCCCCCCO. The molecule has 0 saturated heterocycles. The summed E-state index contributed by atoms with van der Waals surface area (Å²) in [4.78, 5) is 0. The van der Waals surface area contributed by atoms with Crippen LogP contribution in [0.2, 0.25) is 0 Å². The van der Waals surface area contributed by atoms with Crippen LogP contribution in [0.25, 0.3) is 0 Å². The molecule has 0 bridgehead atoms. The molecule has 14 heavy (non-hydrogen) atoms. The highest BCUT2D eigenvalue weighted by molar-refractivity contribution is 4.43. The van der Waals surface area contributed by atoms with E-state index < -0.39 is 6.10 Å². The van der Waals surface area contributed by atoms with Gasteiger partial charge in [-0.1, -0.05) is 19.8 Å². The van der Waals surface area contributed by atoms with Crippen LogP contribution in [-0.4, -0.2) is 46.4 Å². The van der Waals surface area contributed by atoms with Gasteiger partial charge in [0.15, 0.2) is 0 Å². The van der Waals surface area contributed by atoms with E-state index in [2.05, 4.69) is 0 Å². The van der Waals surface area contributed by atoms with Crippen LogP contribution in [-0.2, 0) is 0 Å². The van der Waals surface area contributed by atoms with Crippen LogP contribution < -0.4 is 0 Å². The van der Waals surface area contributed by atoms with Gasteiger partial charge in [0.2, 0.25) is 0 Å². The van der Waals surface area contributed by atoms with Gasteiger partial charge in [-0.3, -0.25) is 0 Å². The molecule has 0 aliphatic heterocycles. The lowest BCUT2D eigenvalue weighted by Crippen LogP contribution is -2.08. The van der Waals surface area contributed by atoms with Crippen molar-refractivity contribution in [2.45, 2.75) is 45.1 Å². The molecule has 0 aromatic rings. The zero-order chi connectivity index (χ0) is 11.2. The molecular weight excluding hydrogens is 184 g/mol. The summed E-state index contributed by atoms with van der Waals surface area (Å²) < 4.78 is 0. The molecule has 4 N–H and O–H groups in total. The normalized spacial score (nSPS) is 11.8. The first-order chi connectivity index (χ1) is 6.72. The Balaban J connectivity index is 0. The first-order valence-corrected chi connectivity index (χ1v) is 5.23. The van der Waals surface area contributed by atoms with Crippen molar-refractivity contribution in [1.82, 2.24) is 0 Å². The van der Waals surface area contributed by atoms with Gasteiger partial charge < -0.3 is 20.4 Å². The molecule has 0 saturated carbocycles. The molecule has 0 amide bonds. The summed E-state index contributed by atoms with van der Waals surface area (Å²) in [7, 11) is 0. The fourth-order valence-corrected chi connectivity index (χ4v) is 0.706. The van der Waals surface area contributed by atoms with E-state index in [-0.39, 0.29) is 19.8 Å². The molecule has 0 aliphatic carbocycles. The highest BCUT2D eigenvalue weighted by atomic mass is 16.3. The number of hydrogen-bond acceptors (Lipinski definition) is 4. The van der Waals surface area contributed by atoms with Crippen molar-refractivity contribution in [3.05, 3.63) is 0 Å². The zero-order valence-corrected chi connectivity index (χ0v) is 9.02. The molecule has 0 aliphatic rings. The highest BCUT2D eigenvalue weighted by Gasteiger charge is 1.92. The van der Waals surface area contributed by atoms with Crippen LogP contribution in [0.4, 0.5) is 0 Å². The topological polar surface area (TPSA) is 80.9 Å². The molecule has 0 rings (SSSR count). The Morgan fingerprint density at radius 2 is 1.29 bits per heavy atom. The van der Waals surface area contributed by atoms with Gasteiger partial charge in [-0.25, -0.2) is 0 Å². The summed E-state index contributed by atoms with van der Waals surface area (Å²) in [6, 6.07) is 0. The monoisotopic (exact) mass is 208 g/mol. The molecule has 0 heterocycles. The summed E-state index contributed by atoms with van der Waals surface area (Å²) in [5, 5.41) is 33.1. The van der Waals surface area contributed by atoms with Crippen LogP contribution in [0.3, 0.4) is 0 Å². The number of aliphatic hydroxyl groups is 4. The van der Waals surface area contributed by atoms with Crippen LogP contribution in [0.5, 0.6) is 0 Å². The lowest BCUT2D eigenvalue weighted by atomic mass is 10.2. The van der Waals surface area contributed by atoms with Gasteiger partial charge in [-0.05, 0) is 19.3 Å². The summed E-state index contributed by atoms with van der Waals surface area (Å²) in [5.41, 5.74) is 0. The Morgan fingerprint density at radius 1 is 0.857 bits per heavy atom. The fraction of sp³-hybridized carbons (Fsp3) is 1.00. The lowest BCUT2D eigenvalue weighted by Gasteiger charge is -1.97. The average Bonchev–Trinajstić information content (AvgIpc) is 2.24. The van der Waals surface area contributed by atoms with E-state index in [4.69, 9.17) is 20.4 Å². The van der Waals surface area contributed by atoms with E-state index in [0.29, 0.717) is 6.42 Å². The molecule has 1 atom stereocenters.